The van der Waals surface area contributed by atoms with Gasteiger partial charge < -0.3 is 50.7 Å². The Bertz CT molecular complexity index is 1540. The van der Waals surface area contributed by atoms with Crippen molar-refractivity contribution in [3.8, 4) is 46.0 Å². The van der Waals surface area contributed by atoms with E-state index in [9.17, 15) is 45.3 Å². The van der Waals surface area contributed by atoms with E-state index in [0.717, 1.165) is 29.3 Å². The van der Waals surface area contributed by atoms with E-state index in [1.807, 2.05) is 0 Å². The van der Waals surface area contributed by atoms with E-state index in [2.05, 4.69) is 0 Å². The molecule has 0 aromatic heterocycles. The number of hydrogen-bond donors (Lipinski definition) is 9. The maximum Gasteiger partial charge on any atom is 0.338 e. The van der Waals surface area contributed by atoms with Crippen LogP contribution in [0.5, 0.6) is 46.0 Å². The van der Waals surface area contributed by atoms with Gasteiger partial charge in [-0.25, -0.2) is 9.59 Å². The molecule has 0 amide bonds. The minimum absolute atomic E-state index is 0.0471. The van der Waals surface area contributed by atoms with Crippen LogP contribution in [0.2, 0.25) is 0 Å². The molecule has 9 N–H and O–H groups in total. The second-order valence-corrected chi connectivity index (χ2v) is 9.01. The highest BCUT2D eigenvalue weighted by Gasteiger charge is 2.21. The van der Waals surface area contributed by atoms with Crippen LogP contribution < -0.4 is 0 Å². The average Bonchev–Trinajstić information content (AvgIpc) is 2.96. The first kappa shape index (κ1) is 30.8. The number of benzene rings is 4. The van der Waals surface area contributed by atoms with Crippen molar-refractivity contribution in [2.75, 3.05) is 6.61 Å². The van der Waals surface area contributed by atoms with Gasteiger partial charge in [0.15, 0.2) is 28.7 Å². The molecule has 0 fully saturated rings. The standard InChI is InChI=1S/2C15H14O6/c16-9-4-1-8(2-5-9)3-6-10-11(15(20)21)7-12(17)14(19)13(10)18;16-11-3-1-9(2-4-11)5-6-21-15(20)10-7-12(17)14(19)13(18)8-10/h1-2,4-5,7,16-19H,3,6H2,(H,20,21);1-4,7-8,16-19H,5-6H2. The lowest BCUT2D eigenvalue weighted by molar-refractivity contribution is 0.0507. The third-order valence-electron chi connectivity index (χ3n) is 6.05. The van der Waals surface area contributed by atoms with Crippen LogP contribution in [0, 0.1) is 0 Å². The van der Waals surface area contributed by atoms with Crippen molar-refractivity contribution in [1.29, 1.82) is 0 Å². The Labute approximate surface area is 238 Å². The number of carbonyl (C=O) groups is 2. The number of phenols is 8. The highest BCUT2D eigenvalue weighted by Crippen LogP contribution is 2.40. The average molecular weight is 581 g/mol. The third kappa shape index (κ3) is 7.88. The number of esters is 1. The molecule has 0 radical (unpaired) electrons. The van der Waals surface area contributed by atoms with Crippen LogP contribution in [0.3, 0.4) is 0 Å². The molecule has 0 bridgehead atoms. The molecule has 4 aromatic rings. The summed E-state index contributed by atoms with van der Waals surface area (Å²) in [6, 6.07) is 15.8. The Hall–Kier alpha value is -5.78. The van der Waals surface area contributed by atoms with E-state index in [1.54, 1.807) is 24.3 Å². The molecule has 0 saturated heterocycles. The van der Waals surface area contributed by atoms with Crippen molar-refractivity contribution < 1.29 is 60.3 Å². The monoisotopic (exact) mass is 580 g/mol. The molecule has 4 aromatic carbocycles. The van der Waals surface area contributed by atoms with Crippen molar-refractivity contribution in [3.05, 3.63) is 94.5 Å². The number of hydrogen-bond acceptors (Lipinski definition) is 11. The molecule has 12 heteroatoms. The minimum Gasteiger partial charge on any atom is -0.508 e. The molecule has 0 atom stereocenters. The van der Waals surface area contributed by atoms with Crippen molar-refractivity contribution >= 4 is 11.9 Å². The van der Waals surface area contributed by atoms with E-state index in [0.29, 0.717) is 12.8 Å². The van der Waals surface area contributed by atoms with Crippen molar-refractivity contribution in [1.82, 2.24) is 0 Å². The summed E-state index contributed by atoms with van der Waals surface area (Å²) in [5.74, 6) is -5.68. The first-order chi connectivity index (χ1) is 19.9. The summed E-state index contributed by atoms with van der Waals surface area (Å²) in [5.41, 5.74) is 1.44. The molecule has 220 valence electrons. The summed E-state index contributed by atoms with van der Waals surface area (Å²) in [4.78, 5) is 22.9. The van der Waals surface area contributed by atoms with Crippen LogP contribution in [0.4, 0.5) is 0 Å². The number of rotatable bonds is 8. The molecular weight excluding hydrogens is 552 g/mol. The van der Waals surface area contributed by atoms with Crippen LogP contribution in [-0.2, 0) is 24.0 Å². The summed E-state index contributed by atoms with van der Waals surface area (Å²) in [6.45, 7) is 0.103. The summed E-state index contributed by atoms with van der Waals surface area (Å²) in [6.07, 6.45) is 1.02. The number of carbonyl (C=O) groups excluding carboxylic acids is 1. The third-order valence-corrected chi connectivity index (χ3v) is 6.05. The largest absolute Gasteiger partial charge is 0.508 e. The second-order valence-electron chi connectivity index (χ2n) is 9.01. The maximum atomic E-state index is 11.7. The van der Waals surface area contributed by atoms with E-state index < -0.39 is 46.4 Å². The zero-order valence-corrected chi connectivity index (χ0v) is 21.9. The molecule has 4 rings (SSSR count). The van der Waals surface area contributed by atoms with Gasteiger partial charge in [-0.2, -0.15) is 0 Å². The number of carboxylic acid groups (broad SMARTS) is 1. The zero-order valence-electron chi connectivity index (χ0n) is 21.9. The molecular formula is C30H28O12. The second kappa shape index (κ2) is 13.5. The fourth-order valence-corrected chi connectivity index (χ4v) is 3.79. The van der Waals surface area contributed by atoms with Gasteiger partial charge in [0.2, 0.25) is 5.75 Å². The molecule has 0 spiro atoms. The highest BCUT2D eigenvalue weighted by atomic mass is 16.5. The topological polar surface area (TPSA) is 225 Å². The Morgan fingerprint density at radius 3 is 1.55 bits per heavy atom. The summed E-state index contributed by atoms with van der Waals surface area (Å²) >= 11 is 0. The minimum atomic E-state index is -1.30. The predicted molar refractivity (Wildman–Crippen MR) is 147 cm³/mol. The van der Waals surface area contributed by atoms with Crippen molar-refractivity contribution in [2.24, 2.45) is 0 Å². The molecule has 0 aliphatic heterocycles. The van der Waals surface area contributed by atoms with Gasteiger partial charge in [0.1, 0.15) is 11.5 Å². The van der Waals surface area contributed by atoms with Gasteiger partial charge >= 0.3 is 11.9 Å². The molecule has 12 nitrogen and oxygen atoms in total. The predicted octanol–water partition coefficient (Wildman–Crippen LogP) is 3.90. The lowest BCUT2D eigenvalue weighted by Crippen LogP contribution is -2.08. The molecule has 0 heterocycles. The van der Waals surface area contributed by atoms with E-state index in [4.69, 9.17) is 14.9 Å². The van der Waals surface area contributed by atoms with Crippen molar-refractivity contribution in [3.63, 3.8) is 0 Å². The Morgan fingerprint density at radius 1 is 0.571 bits per heavy atom. The number of ether oxygens (including phenoxy) is 1. The smallest absolute Gasteiger partial charge is 0.338 e. The molecule has 0 saturated carbocycles. The van der Waals surface area contributed by atoms with Crippen LogP contribution in [-0.4, -0.2) is 64.5 Å². The SMILES string of the molecule is O=C(O)c1cc(O)c(O)c(O)c1CCc1ccc(O)cc1.O=C(OCCc1ccc(O)cc1)c1cc(O)c(O)c(O)c1. The highest BCUT2D eigenvalue weighted by molar-refractivity contribution is 5.92. The molecule has 0 unspecified atom stereocenters. The lowest BCUT2D eigenvalue weighted by atomic mass is 9.98. The summed E-state index contributed by atoms with van der Waals surface area (Å²) in [5, 5.41) is 83.9. The van der Waals surface area contributed by atoms with Crippen LogP contribution in [0.1, 0.15) is 37.4 Å². The quantitative estimate of drug-likeness (QED) is 0.107. The Morgan fingerprint density at radius 2 is 1.05 bits per heavy atom. The van der Waals surface area contributed by atoms with E-state index in [-0.39, 0.29) is 41.2 Å². The van der Waals surface area contributed by atoms with Crippen LogP contribution in [0.15, 0.2) is 66.7 Å². The first-order valence-corrected chi connectivity index (χ1v) is 12.3. The van der Waals surface area contributed by atoms with Crippen LogP contribution >= 0.6 is 0 Å². The number of aromatic hydroxyl groups is 8. The fraction of sp³-hybridized carbons (Fsp3) is 0.133. The van der Waals surface area contributed by atoms with Gasteiger partial charge in [-0.3, -0.25) is 0 Å². The number of aromatic carboxylic acids is 1. The molecule has 0 aliphatic carbocycles. The fourth-order valence-electron chi connectivity index (χ4n) is 3.79. The van der Waals surface area contributed by atoms with Gasteiger partial charge in [-0.05, 0) is 66.4 Å². The van der Waals surface area contributed by atoms with Gasteiger partial charge in [-0.15, -0.1) is 0 Å². The zero-order chi connectivity index (χ0) is 31.0. The van der Waals surface area contributed by atoms with Crippen LogP contribution in [0.25, 0.3) is 0 Å². The maximum absolute atomic E-state index is 11.7. The Kier molecular flexibility index (Phi) is 9.90. The normalized spacial score (nSPS) is 10.4. The van der Waals surface area contributed by atoms with Crippen molar-refractivity contribution in [2.45, 2.75) is 19.3 Å². The number of phenolic OH excluding ortho intramolecular Hbond substituents is 8. The molecule has 42 heavy (non-hydrogen) atoms. The van der Waals surface area contributed by atoms with Gasteiger partial charge in [-0.1, -0.05) is 24.3 Å². The van der Waals surface area contributed by atoms with E-state index >= 15 is 0 Å². The van der Waals surface area contributed by atoms with Gasteiger partial charge in [0.05, 0.1) is 17.7 Å². The van der Waals surface area contributed by atoms with E-state index in [1.165, 1.54) is 24.3 Å². The molecule has 0 aliphatic rings. The van der Waals surface area contributed by atoms with Gasteiger partial charge in [0.25, 0.3) is 0 Å². The lowest BCUT2D eigenvalue weighted by Gasteiger charge is -2.11. The summed E-state index contributed by atoms with van der Waals surface area (Å²) < 4.78 is 5.01. The first-order valence-electron chi connectivity index (χ1n) is 12.3. The number of carboxylic acids is 1. The summed E-state index contributed by atoms with van der Waals surface area (Å²) in [7, 11) is 0. The Balaban J connectivity index is 0.000000230. The number of aryl methyl sites for hydroxylation is 1. The van der Waals surface area contributed by atoms with Gasteiger partial charge in [0, 0.05) is 12.0 Å².